The first kappa shape index (κ1) is 13.9. The normalized spacial score (nSPS) is 28.4. The first-order chi connectivity index (χ1) is 8.56. The summed E-state index contributed by atoms with van der Waals surface area (Å²) in [6.45, 7) is 6.92. The molecule has 0 N–H and O–H groups in total. The number of aromatic nitrogens is 1. The minimum Gasteiger partial charge on any atom is -0.474 e. The molecule has 18 heavy (non-hydrogen) atoms. The van der Waals surface area contributed by atoms with Crippen molar-refractivity contribution >= 4 is 15.9 Å². The van der Waals surface area contributed by atoms with Gasteiger partial charge in [-0.05, 0) is 52.6 Å². The van der Waals surface area contributed by atoms with Gasteiger partial charge in [-0.15, -0.1) is 0 Å². The van der Waals surface area contributed by atoms with Gasteiger partial charge in [0.25, 0.3) is 0 Å². The van der Waals surface area contributed by atoms with Gasteiger partial charge in [-0.1, -0.05) is 27.2 Å². The molecule has 100 valence electrons. The summed E-state index contributed by atoms with van der Waals surface area (Å²) in [4.78, 5) is 4.32. The van der Waals surface area contributed by atoms with E-state index in [1.54, 1.807) is 6.20 Å². The van der Waals surface area contributed by atoms with Crippen LogP contribution in [-0.2, 0) is 0 Å². The Kier molecular flexibility index (Phi) is 4.66. The zero-order valence-electron chi connectivity index (χ0n) is 11.4. The number of rotatable bonds is 3. The summed E-state index contributed by atoms with van der Waals surface area (Å²) < 4.78 is 7.12. The van der Waals surface area contributed by atoms with E-state index in [1.165, 1.54) is 12.8 Å². The highest BCUT2D eigenvalue weighted by atomic mass is 79.9. The van der Waals surface area contributed by atoms with E-state index in [1.807, 2.05) is 12.1 Å². The van der Waals surface area contributed by atoms with Gasteiger partial charge >= 0.3 is 0 Å². The van der Waals surface area contributed by atoms with E-state index in [0.717, 1.165) is 22.7 Å². The second-order valence-corrected chi connectivity index (χ2v) is 6.71. The summed E-state index contributed by atoms with van der Waals surface area (Å²) in [5.74, 6) is 2.85. The molecule has 0 radical (unpaired) electrons. The first-order valence-electron chi connectivity index (χ1n) is 6.84. The molecule has 0 amide bonds. The lowest BCUT2D eigenvalue weighted by atomic mass is 9.75. The molecule has 1 aromatic heterocycles. The third-order valence-corrected chi connectivity index (χ3v) is 4.40. The molecule has 3 unspecified atom stereocenters. The Morgan fingerprint density at radius 3 is 2.72 bits per heavy atom. The second kappa shape index (κ2) is 6.05. The maximum atomic E-state index is 6.12. The van der Waals surface area contributed by atoms with Gasteiger partial charge in [0.2, 0.25) is 5.88 Å². The lowest BCUT2D eigenvalue weighted by Crippen LogP contribution is -2.36. The number of halogens is 1. The van der Waals surface area contributed by atoms with E-state index < -0.39 is 0 Å². The quantitative estimate of drug-likeness (QED) is 0.808. The zero-order chi connectivity index (χ0) is 13.1. The lowest BCUT2D eigenvalue weighted by molar-refractivity contribution is 0.0426. The molecule has 3 heteroatoms. The molecule has 1 saturated carbocycles. The van der Waals surface area contributed by atoms with Crippen molar-refractivity contribution < 1.29 is 4.74 Å². The molecule has 1 heterocycles. The van der Waals surface area contributed by atoms with Crippen LogP contribution in [0.15, 0.2) is 22.8 Å². The molecule has 0 aliphatic heterocycles. The average molecular weight is 312 g/mol. The Balaban J connectivity index is 2.06. The number of hydrogen-bond acceptors (Lipinski definition) is 2. The summed E-state index contributed by atoms with van der Waals surface area (Å²) in [6.07, 6.45) is 5.88. The smallest absolute Gasteiger partial charge is 0.213 e. The maximum absolute atomic E-state index is 6.12. The van der Waals surface area contributed by atoms with Crippen molar-refractivity contribution in [2.45, 2.75) is 46.1 Å². The van der Waals surface area contributed by atoms with Gasteiger partial charge in [0.05, 0.1) is 0 Å². The van der Waals surface area contributed by atoms with Crippen molar-refractivity contribution in [3.05, 3.63) is 22.8 Å². The average Bonchev–Trinajstić information content (AvgIpc) is 2.32. The lowest BCUT2D eigenvalue weighted by Gasteiger charge is -2.36. The summed E-state index contributed by atoms with van der Waals surface area (Å²) in [6, 6.07) is 3.93. The molecule has 0 saturated heterocycles. The Bertz CT molecular complexity index is 377. The van der Waals surface area contributed by atoms with Crippen molar-refractivity contribution in [3.8, 4) is 5.88 Å². The van der Waals surface area contributed by atoms with Crippen molar-refractivity contribution in [2.24, 2.45) is 17.8 Å². The van der Waals surface area contributed by atoms with Crippen LogP contribution < -0.4 is 4.74 Å². The van der Waals surface area contributed by atoms with Crippen molar-refractivity contribution in [1.29, 1.82) is 0 Å². The van der Waals surface area contributed by atoms with Gasteiger partial charge in [-0.3, -0.25) is 0 Å². The van der Waals surface area contributed by atoms with E-state index in [2.05, 4.69) is 41.7 Å². The maximum Gasteiger partial charge on any atom is 0.213 e. The van der Waals surface area contributed by atoms with Crippen LogP contribution in [0.1, 0.15) is 40.0 Å². The van der Waals surface area contributed by atoms with E-state index in [9.17, 15) is 0 Å². The number of hydrogen-bond donors (Lipinski definition) is 0. The molecule has 3 atom stereocenters. The molecule has 1 fully saturated rings. The van der Waals surface area contributed by atoms with E-state index in [-0.39, 0.29) is 0 Å². The van der Waals surface area contributed by atoms with Crippen LogP contribution in [0.2, 0.25) is 0 Å². The molecule has 2 nitrogen and oxygen atoms in total. The third kappa shape index (κ3) is 3.47. The van der Waals surface area contributed by atoms with Crippen LogP contribution in [0, 0.1) is 17.8 Å². The van der Waals surface area contributed by atoms with Crippen LogP contribution in [0.4, 0.5) is 0 Å². The molecule has 0 spiro atoms. The minimum atomic E-state index is 0.322. The monoisotopic (exact) mass is 311 g/mol. The van der Waals surface area contributed by atoms with E-state index in [0.29, 0.717) is 17.9 Å². The molecule has 1 aromatic rings. The molecule has 0 bridgehead atoms. The second-order valence-electron chi connectivity index (χ2n) is 5.80. The summed E-state index contributed by atoms with van der Waals surface area (Å²) >= 11 is 3.40. The predicted molar refractivity (Wildman–Crippen MR) is 77.7 cm³/mol. The predicted octanol–water partition coefficient (Wildman–Crippen LogP) is 4.68. The summed E-state index contributed by atoms with van der Waals surface area (Å²) in [7, 11) is 0. The van der Waals surface area contributed by atoms with Crippen LogP contribution in [-0.4, -0.2) is 11.1 Å². The first-order valence-corrected chi connectivity index (χ1v) is 7.63. The van der Waals surface area contributed by atoms with Crippen molar-refractivity contribution in [1.82, 2.24) is 4.98 Å². The van der Waals surface area contributed by atoms with Gasteiger partial charge in [0, 0.05) is 16.7 Å². The Morgan fingerprint density at radius 2 is 2.11 bits per heavy atom. The fraction of sp³-hybridized carbons (Fsp3) is 0.667. The van der Waals surface area contributed by atoms with E-state index in [4.69, 9.17) is 4.74 Å². The van der Waals surface area contributed by atoms with Crippen LogP contribution in [0.5, 0.6) is 5.88 Å². The van der Waals surface area contributed by atoms with Crippen LogP contribution in [0.25, 0.3) is 0 Å². The summed E-state index contributed by atoms with van der Waals surface area (Å²) in [5.41, 5.74) is 0. The minimum absolute atomic E-state index is 0.322. The highest BCUT2D eigenvalue weighted by Crippen LogP contribution is 2.35. The fourth-order valence-electron chi connectivity index (χ4n) is 2.84. The standard InChI is InChI=1S/C15H22BrNO/c1-10(2)13-6-4-11(3)8-14(13)18-15-7-5-12(16)9-17-15/h5,7,9-11,13-14H,4,6,8H2,1-3H3. The molecule has 1 aliphatic rings. The molecular formula is C15H22BrNO. The van der Waals surface area contributed by atoms with Crippen LogP contribution >= 0.6 is 15.9 Å². The van der Waals surface area contributed by atoms with Crippen LogP contribution in [0.3, 0.4) is 0 Å². The third-order valence-electron chi connectivity index (χ3n) is 3.93. The highest BCUT2D eigenvalue weighted by molar-refractivity contribution is 9.10. The number of pyridine rings is 1. The van der Waals surface area contributed by atoms with Gasteiger partial charge in [0.1, 0.15) is 6.10 Å². The molecular weight excluding hydrogens is 290 g/mol. The fourth-order valence-corrected chi connectivity index (χ4v) is 3.07. The zero-order valence-corrected chi connectivity index (χ0v) is 13.0. The number of nitrogens with zero attached hydrogens (tertiary/aromatic N) is 1. The van der Waals surface area contributed by atoms with Gasteiger partial charge in [-0.2, -0.15) is 0 Å². The Hall–Kier alpha value is -0.570. The Morgan fingerprint density at radius 1 is 1.33 bits per heavy atom. The topological polar surface area (TPSA) is 22.1 Å². The SMILES string of the molecule is CC1CCC(C(C)C)C(Oc2ccc(Br)cn2)C1. The van der Waals surface area contributed by atoms with Gasteiger partial charge in [-0.25, -0.2) is 4.98 Å². The summed E-state index contributed by atoms with van der Waals surface area (Å²) in [5, 5.41) is 0. The van der Waals surface area contributed by atoms with Crippen molar-refractivity contribution in [2.75, 3.05) is 0 Å². The van der Waals surface area contributed by atoms with E-state index >= 15 is 0 Å². The molecule has 1 aliphatic carbocycles. The Labute approximate surface area is 118 Å². The number of ether oxygens (including phenoxy) is 1. The van der Waals surface area contributed by atoms with Gasteiger partial charge in [0.15, 0.2) is 0 Å². The molecule has 0 aromatic carbocycles. The van der Waals surface area contributed by atoms with Crippen molar-refractivity contribution in [3.63, 3.8) is 0 Å². The molecule has 2 rings (SSSR count). The highest BCUT2D eigenvalue weighted by Gasteiger charge is 2.32. The van der Waals surface area contributed by atoms with Gasteiger partial charge < -0.3 is 4.74 Å². The largest absolute Gasteiger partial charge is 0.474 e.